The average molecular weight is 384 g/mol. The number of aromatic nitrogens is 2. The van der Waals surface area contributed by atoms with E-state index in [9.17, 15) is 4.79 Å². The van der Waals surface area contributed by atoms with Crippen molar-refractivity contribution in [2.24, 2.45) is 0 Å². The lowest BCUT2D eigenvalue weighted by Crippen LogP contribution is -2.24. The number of benzene rings is 2. The van der Waals surface area contributed by atoms with Crippen LogP contribution in [-0.2, 0) is 11.3 Å². The van der Waals surface area contributed by atoms with Gasteiger partial charge in [0.05, 0.1) is 22.6 Å². The Bertz CT molecular complexity index is 969. The summed E-state index contributed by atoms with van der Waals surface area (Å²) in [7, 11) is 0. The number of carbonyl (C=O) groups is 1. The maximum absolute atomic E-state index is 12.2. The zero-order valence-corrected chi connectivity index (χ0v) is 16.0. The van der Waals surface area contributed by atoms with Crippen LogP contribution in [0.4, 0.5) is 0 Å². The highest BCUT2D eigenvalue weighted by Crippen LogP contribution is 2.30. The lowest BCUT2D eigenvalue weighted by Gasteiger charge is -2.16. The maximum Gasteiger partial charge on any atom is 0.223 e. The molecule has 2 heterocycles. The fourth-order valence-corrected chi connectivity index (χ4v) is 3.89. The number of carbonyl (C=O) groups excluding carboxylic acids is 1. The predicted octanol–water partition coefficient (Wildman–Crippen LogP) is 4.10. The van der Waals surface area contributed by atoms with Crippen molar-refractivity contribution in [3.8, 4) is 5.75 Å². The van der Waals surface area contributed by atoms with Crippen molar-refractivity contribution in [2.75, 3.05) is 19.7 Å². The maximum atomic E-state index is 12.2. The third-order valence-electron chi connectivity index (χ3n) is 5.05. The van der Waals surface area contributed by atoms with Crippen LogP contribution >= 0.6 is 11.6 Å². The molecule has 1 aliphatic heterocycles. The van der Waals surface area contributed by atoms with Crippen LogP contribution in [0.15, 0.2) is 48.5 Å². The molecule has 1 unspecified atom stereocenters. The van der Waals surface area contributed by atoms with Gasteiger partial charge in [-0.2, -0.15) is 0 Å². The molecule has 1 amide bonds. The molecule has 0 bridgehead atoms. The van der Waals surface area contributed by atoms with Gasteiger partial charge in [-0.15, -0.1) is 0 Å². The molecule has 5 nitrogen and oxygen atoms in total. The van der Waals surface area contributed by atoms with E-state index >= 15 is 0 Å². The summed E-state index contributed by atoms with van der Waals surface area (Å²) in [6.45, 7) is 4.61. The Balaban J connectivity index is 1.59. The van der Waals surface area contributed by atoms with Crippen LogP contribution in [0.2, 0.25) is 5.02 Å². The summed E-state index contributed by atoms with van der Waals surface area (Å²) in [5, 5.41) is 0.605. The number of hydrogen-bond donors (Lipinski definition) is 0. The van der Waals surface area contributed by atoms with Gasteiger partial charge in [0.1, 0.15) is 18.2 Å². The highest BCUT2D eigenvalue weighted by molar-refractivity contribution is 6.32. The zero-order chi connectivity index (χ0) is 18.8. The summed E-state index contributed by atoms with van der Waals surface area (Å²) in [4.78, 5) is 18.9. The first-order chi connectivity index (χ1) is 13.2. The minimum Gasteiger partial charge on any atom is -0.490 e. The van der Waals surface area contributed by atoms with E-state index in [0.29, 0.717) is 30.3 Å². The molecule has 2 aromatic carbocycles. The van der Waals surface area contributed by atoms with Crippen LogP contribution in [0, 0.1) is 0 Å². The largest absolute Gasteiger partial charge is 0.490 e. The van der Waals surface area contributed by atoms with E-state index in [1.165, 1.54) is 0 Å². The molecule has 27 heavy (non-hydrogen) atoms. The third kappa shape index (κ3) is 3.52. The Morgan fingerprint density at radius 1 is 1.19 bits per heavy atom. The Hall–Kier alpha value is -2.53. The fourth-order valence-electron chi connectivity index (χ4n) is 3.70. The van der Waals surface area contributed by atoms with Gasteiger partial charge >= 0.3 is 0 Å². The first-order valence-electron chi connectivity index (χ1n) is 9.27. The van der Waals surface area contributed by atoms with Crippen LogP contribution in [0.3, 0.4) is 0 Å². The molecule has 140 valence electrons. The number of likely N-dealkylation sites (tertiary alicyclic amines) is 1. The highest BCUT2D eigenvalue weighted by atomic mass is 35.5. The molecule has 6 heteroatoms. The molecule has 0 aliphatic carbocycles. The lowest BCUT2D eigenvalue weighted by molar-refractivity contribution is -0.127. The van der Waals surface area contributed by atoms with E-state index in [0.717, 1.165) is 29.9 Å². The quantitative estimate of drug-likeness (QED) is 0.643. The van der Waals surface area contributed by atoms with Crippen LogP contribution in [0.1, 0.15) is 25.1 Å². The van der Waals surface area contributed by atoms with E-state index in [4.69, 9.17) is 21.3 Å². The number of nitrogens with zero attached hydrogens (tertiary/aromatic N) is 3. The number of hydrogen-bond acceptors (Lipinski definition) is 3. The van der Waals surface area contributed by atoms with Crippen molar-refractivity contribution in [1.29, 1.82) is 0 Å². The molecule has 1 aromatic heterocycles. The van der Waals surface area contributed by atoms with E-state index in [2.05, 4.69) is 10.6 Å². The minimum atomic E-state index is 0.116. The summed E-state index contributed by atoms with van der Waals surface area (Å²) in [5.74, 6) is 1.96. The molecule has 1 saturated heterocycles. The van der Waals surface area contributed by atoms with Crippen LogP contribution < -0.4 is 4.74 Å². The molecule has 3 aromatic rings. The van der Waals surface area contributed by atoms with Gasteiger partial charge in [0.2, 0.25) is 5.91 Å². The van der Waals surface area contributed by atoms with E-state index < -0.39 is 0 Å². The smallest absolute Gasteiger partial charge is 0.223 e. The van der Waals surface area contributed by atoms with Gasteiger partial charge in [0, 0.05) is 25.4 Å². The molecule has 0 radical (unpaired) electrons. The summed E-state index contributed by atoms with van der Waals surface area (Å²) in [6.07, 6.45) is 0.516. The molecular formula is C21H22ClN3O2. The highest BCUT2D eigenvalue weighted by Gasteiger charge is 2.33. The number of likely N-dealkylation sites (N-methyl/N-ethyl adjacent to an activating group) is 1. The average Bonchev–Trinajstić information content (AvgIpc) is 3.23. The molecule has 1 fully saturated rings. The Labute approximate surface area is 163 Å². The second-order valence-corrected chi connectivity index (χ2v) is 7.13. The van der Waals surface area contributed by atoms with Crippen LogP contribution in [0.5, 0.6) is 5.75 Å². The van der Waals surface area contributed by atoms with Gasteiger partial charge in [-0.05, 0) is 31.2 Å². The number of para-hydroxylation sites is 3. The number of halogens is 1. The van der Waals surface area contributed by atoms with E-state index in [-0.39, 0.29) is 11.8 Å². The number of imidazole rings is 1. The number of rotatable bonds is 6. The van der Waals surface area contributed by atoms with Gasteiger partial charge < -0.3 is 14.2 Å². The summed E-state index contributed by atoms with van der Waals surface area (Å²) in [5.41, 5.74) is 2.02. The van der Waals surface area contributed by atoms with E-state index in [1.807, 2.05) is 54.3 Å². The van der Waals surface area contributed by atoms with Crippen molar-refractivity contribution in [1.82, 2.24) is 14.5 Å². The monoisotopic (exact) mass is 383 g/mol. The van der Waals surface area contributed by atoms with Gasteiger partial charge in [-0.1, -0.05) is 35.9 Å². The van der Waals surface area contributed by atoms with Gasteiger partial charge in [-0.3, -0.25) is 4.79 Å². The summed E-state index contributed by atoms with van der Waals surface area (Å²) in [6, 6.07) is 15.5. The first kappa shape index (κ1) is 17.9. The Morgan fingerprint density at radius 3 is 2.74 bits per heavy atom. The summed E-state index contributed by atoms with van der Waals surface area (Å²) >= 11 is 6.18. The third-order valence-corrected chi connectivity index (χ3v) is 5.37. The zero-order valence-electron chi connectivity index (χ0n) is 15.3. The van der Waals surface area contributed by atoms with Crippen molar-refractivity contribution < 1.29 is 9.53 Å². The number of ether oxygens (including phenoxy) is 1. The molecule has 0 N–H and O–H groups in total. The standard InChI is InChI=1S/C21H22ClN3O2/c1-2-24-14-15(13-20(24)26)21-23-17-8-4-5-9-18(17)25(21)11-12-27-19-10-6-3-7-16(19)22/h3-10,15H,2,11-14H2,1H3. The Kier molecular flexibility index (Phi) is 5.03. The first-order valence-corrected chi connectivity index (χ1v) is 9.65. The normalized spacial score (nSPS) is 17.0. The fraction of sp³-hybridized carbons (Fsp3) is 0.333. The van der Waals surface area contributed by atoms with Crippen LogP contribution in [-0.4, -0.2) is 40.1 Å². The van der Waals surface area contributed by atoms with Gasteiger partial charge in [0.25, 0.3) is 0 Å². The second-order valence-electron chi connectivity index (χ2n) is 6.72. The molecule has 1 atom stereocenters. The molecule has 1 aliphatic rings. The molecular weight excluding hydrogens is 362 g/mol. The molecule has 0 spiro atoms. The lowest BCUT2D eigenvalue weighted by atomic mass is 10.1. The van der Waals surface area contributed by atoms with Crippen molar-refractivity contribution in [2.45, 2.75) is 25.8 Å². The topological polar surface area (TPSA) is 47.4 Å². The summed E-state index contributed by atoms with van der Waals surface area (Å²) < 4.78 is 8.07. The molecule has 4 rings (SSSR count). The van der Waals surface area contributed by atoms with Crippen molar-refractivity contribution in [3.63, 3.8) is 0 Å². The predicted molar refractivity (Wildman–Crippen MR) is 106 cm³/mol. The van der Waals surface area contributed by atoms with Crippen molar-refractivity contribution >= 4 is 28.5 Å². The SMILES string of the molecule is CCN1CC(c2nc3ccccc3n2CCOc2ccccc2Cl)CC1=O. The van der Waals surface area contributed by atoms with Gasteiger partial charge in [-0.25, -0.2) is 4.98 Å². The second kappa shape index (κ2) is 7.61. The van der Waals surface area contributed by atoms with Gasteiger partial charge in [0.15, 0.2) is 0 Å². The molecule has 0 saturated carbocycles. The minimum absolute atomic E-state index is 0.116. The van der Waals surface area contributed by atoms with Crippen LogP contribution in [0.25, 0.3) is 11.0 Å². The Morgan fingerprint density at radius 2 is 1.96 bits per heavy atom. The number of fused-ring (bicyclic) bond motifs is 1. The van der Waals surface area contributed by atoms with E-state index in [1.54, 1.807) is 0 Å². The number of amides is 1. The van der Waals surface area contributed by atoms with Crippen molar-refractivity contribution in [3.05, 3.63) is 59.4 Å².